The molecule has 0 bridgehead atoms. The maximum Gasteiger partial charge on any atom is 0.411 e. The Morgan fingerprint density at radius 2 is 1.53 bits per heavy atom. The van der Waals surface area contributed by atoms with Crippen molar-refractivity contribution in [3.8, 4) is 11.1 Å². The molecule has 7 heteroatoms. The molecule has 0 saturated heterocycles. The maximum atomic E-state index is 12.4. The van der Waals surface area contributed by atoms with E-state index in [1.54, 1.807) is 18.2 Å². The molecule has 0 unspecified atom stereocenters. The molecule has 0 saturated carbocycles. The largest absolute Gasteiger partial charge is 0.481 e. The fraction of sp³-hybridized carbons (Fsp3) is 0.160. The summed E-state index contributed by atoms with van der Waals surface area (Å²) < 4.78 is 5.52. The van der Waals surface area contributed by atoms with Crippen molar-refractivity contribution >= 4 is 23.7 Å². The Balaban J connectivity index is 1.38. The van der Waals surface area contributed by atoms with E-state index in [1.165, 1.54) is 6.07 Å². The molecule has 3 N–H and O–H groups in total. The normalized spacial score (nSPS) is 11.9. The van der Waals surface area contributed by atoms with Gasteiger partial charge in [-0.1, -0.05) is 54.6 Å². The van der Waals surface area contributed by atoms with E-state index in [0.29, 0.717) is 11.3 Å². The molecule has 3 aromatic carbocycles. The highest BCUT2D eigenvalue weighted by Gasteiger charge is 2.29. The third-order valence-corrected chi connectivity index (χ3v) is 5.34. The first-order chi connectivity index (χ1) is 15.5. The first-order valence-electron chi connectivity index (χ1n) is 10.2. The Hall–Kier alpha value is -4.13. The van der Waals surface area contributed by atoms with Crippen LogP contribution in [0.5, 0.6) is 0 Å². The third-order valence-electron chi connectivity index (χ3n) is 5.34. The van der Waals surface area contributed by atoms with Gasteiger partial charge in [-0.05, 0) is 40.5 Å². The Kier molecular flexibility index (Phi) is 6.17. The number of carboxylic acids is 1. The summed E-state index contributed by atoms with van der Waals surface area (Å²) in [6, 6.07) is 22.6. The van der Waals surface area contributed by atoms with Crippen molar-refractivity contribution in [1.29, 1.82) is 0 Å². The van der Waals surface area contributed by atoms with Crippen molar-refractivity contribution in [2.75, 3.05) is 18.5 Å². The molecule has 0 spiro atoms. The second-order valence-electron chi connectivity index (χ2n) is 7.43. The Morgan fingerprint density at radius 3 is 2.19 bits per heavy atom. The minimum absolute atomic E-state index is 0.0260. The average Bonchev–Trinajstić information content (AvgIpc) is 3.11. The molecule has 1 aliphatic carbocycles. The molecule has 1 aliphatic rings. The molecule has 3 aromatic rings. The highest BCUT2D eigenvalue weighted by atomic mass is 16.5. The van der Waals surface area contributed by atoms with Gasteiger partial charge in [0.05, 0.1) is 6.42 Å². The van der Waals surface area contributed by atoms with Crippen molar-refractivity contribution < 1.29 is 24.2 Å². The van der Waals surface area contributed by atoms with Gasteiger partial charge in [0.25, 0.3) is 5.91 Å². The van der Waals surface area contributed by atoms with Crippen LogP contribution in [0.2, 0.25) is 0 Å². The molecule has 4 rings (SSSR count). The van der Waals surface area contributed by atoms with Crippen molar-refractivity contribution in [2.45, 2.75) is 12.3 Å². The first-order valence-corrected chi connectivity index (χ1v) is 10.2. The predicted molar refractivity (Wildman–Crippen MR) is 120 cm³/mol. The quantitative estimate of drug-likeness (QED) is 0.520. The van der Waals surface area contributed by atoms with Crippen molar-refractivity contribution in [3.63, 3.8) is 0 Å². The van der Waals surface area contributed by atoms with Gasteiger partial charge in [0.1, 0.15) is 6.61 Å². The number of nitrogens with one attached hydrogen (secondary N) is 2. The van der Waals surface area contributed by atoms with Gasteiger partial charge in [-0.3, -0.25) is 14.9 Å². The molecule has 0 aromatic heterocycles. The Labute approximate surface area is 185 Å². The van der Waals surface area contributed by atoms with Gasteiger partial charge in [-0.25, -0.2) is 4.79 Å². The number of rotatable bonds is 7. The van der Waals surface area contributed by atoms with Crippen LogP contribution in [0.25, 0.3) is 11.1 Å². The van der Waals surface area contributed by atoms with E-state index in [1.807, 2.05) is 36.4 Å². The lowest BCUT2D eigenvalue weighted by atomic mass is 9.98. The summed E-state index contributed by atoms with van der Waals surface area (Å²) in [6.45, 7) is 0.216. The minimum Gasteiger partial charge on any atom is -0.481 e. The van der Waals surface area contributed by atoms with Gasteiger partial charge in [-0.15, -0.1) is 0 Å². The summed E-state index contributed by atoms with van der Waals surface area (Å²) in [5.41, 5.74) is 5.28. The zero-order chi connectivity index (χ0) is 22.5. The number of carbonyl (C=O) groups excluding carboxylic acids is 2. The van der Waals surface area contributed by atoms with Crippen molar-refractivity contribution in [2.24, 2.45) is 0 Å². The number of fused-ring (bicyclic) bond motifs is 3. The molecule has 0 fully saturated rings. The topological polar surface area (TPSA) is 105 Å². The zero-order valence-electron chi connectivity index (χ0n) is 17.2. The lowest BCUT2D eigenvalue weighted by Gasteiger charge is -2.15. The van der Waals surface area contributed by atoms with Crippen LogP contribution in [0.3, 0.4) is 0 Å². The van der Waals surface area contributed by atoms with Crippen LogP contribution in [0.1, 0.15) is 33.8 Å². The molecule has 0 heterocycles. The molecular formula is C25H22N2O5. The summed E-state index contributed by atoms with van der Waals surface area (Å²) in [7, 11) is 0. The summed E-state index contributed by atoms with van der Waals surface area (Å²) in [5, 5.41) is 13.8. The number of amides is 2. The number of carbonyl (C=O) groups is 3. The number of ether oxygens (including phenoxy) is 1. The van der Waals surface area contributed by atoms with E-state index in [-0.39, 0.29) is 25.5 Å². The molecule has 2 amide bonds. The van der Waals surface area contributed by atoms with E-state index in [4.69, 9.17) is 9.84 Å². The maximum absolute atomic E-state index is 12.4. The number of hydrogen-bond acceptors (Lipinski definition) is 4. The van der Waals surface area contributed by atoms with E-state index in [9.17, 15) is 14.4 Å². The van der Waals surface area contributed by atoms with Gasteiger partial charge in [0.2, 0.25) is 0 Å². The van der Waals surface area contributed by atoms with Crippen LogP contribution < -0.4 is 10.6 Å². The SMILES string of the molecule is O=C(O)CCNC(=O)c1cccc(NC(=O)OCC2c3ccccc3-c3ccccc32)c1. The van der Waals surface area contributed by atoms with Gasteiger partial charge in [0, 0.05) is 23.7 Å². The standard InChI is InChI=1S/C25H22N2O5/c28-23(29)12-13-26-24(30)16-6-5-7-17(14-16)27-25(31)32-15-22-20-10-3-1-8-18(20)19-9-2-4-11-21(19)22/h1-11,14,22H,12-13,15H2,(H,26,30)(H,27,31)(H,28,29). The van der Waals surface area contributed by atoms with Crippen LogP contribution >= 0.6 is 0 Å². The fourth-order valence-electron chi connectivity index (χ4n) is 3.88. The number of benzene rings is 3. The van der Waals surface area contributed by atoms with Crippen LogP contribution in [-0.2, 0) is 9.53 Å². The van der Waals surface area contributed by atoms with E-state index < -0.39 is 18.0 Å². The van der Waals surface area contributed by atoms with Gasteiger partial charge in [0.15, 0.2) is 0 Å². The fourth-order valence-corrected chi connectivity index (χ4v) is 3.88. The molecule has 0 radical (unpaired) electrons. The van der Waals surface area contributed by atoms with E-state index in [0.717, 1.165) is 22.3 Å². The second-order valence-corrected chi connectivity index (χ2v) is 7.43. The molecule has 0 aliphatic heterocycles. The Morgan fingerprint density at radius 1 is 0.875 bits per heavy atom. The molecule has 0 atom stereocenters. The number of aliphatic carboxylic acids is 1. The molecule has 162 valence electrons. The monoisotopic (exact) mass is 430 g/mol. The van der Waals surface area contributed by atoms with Gasteiger partial charge >= 0.3 is 12.1 Å². The highest BCUT2D eigenvalue weighted by Crippen LogP contribution is 2.44. The number of carboxylic acid groups (broad SMARTS) is 1. The molecular weight excluding hydrogens is 408 g/mol. The average molecular weight is 430 g/mol. The van der Waals surface area contributed by atoms with E-state index in [2.05, 4.69) is 22.8 Å². The number of hydrogen-bond donors (Lipinski definition) is 3. The highest BCUT2D eigenvalue weighted by molar-refractivity contribution is 5.96. The van der Waals surface area contributed by atoms with Crippen molar-refractivity contribution in [1.82, 2.24) is 5.32 Å². The second kappa shape index (κ2) is 9.34. The lowest BCUT2D eigenvalue weighted by Crippen LogP contribution is -2.26. The molecule has 32 heavy (non-hydrogen) atoms. The summed E-state index contributed by atoms with van der Waals surface area (Å²) >= 11 is 0. The van der Waals surface area contributed by atoms with Gasteiger partial charge < -0.3 is 15.2 Å². The summed E-state index contributed by atoms with van der Waals surface area (Å²) in [6.07, 6.45) is -0.779. The van der Waals surface area contributed by atoms with Crippen LogP contribution in [-0.4, -0.2) is 36.2 Å². The smallest absolute Gasteiger partial charge is 0.411 e. The Bertz CT molecular complexity index is 1130. The molecule has 7 nitrogen and oxygen atoms in total. The third kappa shape index (κ3) is 4.62. The van der Waals surface area contributed by atoms with Gasteiger partial charge in [-0.2, -0.15) is 0 Å². The first kappa shape index (κ1) is 21.1. The van der Waals surface area contributed by atoms with Crippen LogP contribution in [0.15, 0.2) is 72.8 Å². The van der Waals surface area contributed by atoms with Crippen LogP contribution in [0.4, 0.5) is 10.5 Å². The minimum atomic E-state index is -0.990. The van der Waals surface area contributed by atoms with E-state index >= 15 is 0 Å². The predicted octanol–water partition coefficient (Wildman–Crippen LogP) is 4.25. The number of anilines is 1. The zero-order valence-corrected chi connectivity index (χ0v) is 17.2. The van der Waals surface area contributed by atoms with Crippen molar-refractivity contribution in [3.05, 3.63) is 89.5 Å². The summed E-state index contributed by atoms with van der Waals surface area (Å²) in [5.74, 6) is -1.45. The van der Waals surface area contributed by atoms with Crippen LogP contribution in [0, 0.1) is 0 Å². The summed E-state index contributed by atoms with van der Waals surface area (Å²) in [4.78, 5) is 35.1. The lowest BCUT2D eigenvalue weighted by molar-refractivity contribution is -0.136.